The molecule has 0 unspecified atom stereocenters. The van der Waals surface area contributed by atoms with Crippen molar-refractivity contribution in [2.75, 3.05) is 0 Å². The van der Waals surface area contributed by atoms with E-state index in [9.17, 15) is 0 Å². The summed E-state index contributed by atoms with van der Waals surface area (Å²) in [7, 11) is 0. The van der Waals surface area contributed by atoms with Gasteiger partial charge in [0.1, 0.15) is 8.39 Å². The van der Waals surface area contributed by atoms with Crippen molar-refractivity contribution < 1.29 is 14.3 Å². The summed E-state index contributed by atoms with van der Waals surface area (Å²) in [5.74, 6) is 0. The molecule has 0 radical (unpaired) electrons. The number of nitrogens with zero attached hydrogens (tertiary/aromatic N) is 1. The maximum Gasteiger partial charge on any atom is 0.275 e. The van der Waals surface area contributed by atoms with Crippen LogP contribution in [0.25, 0.3) is 0 Å². The topological polar surface area (TPSA) is 22.1 Å². The van der Waals surface area contributed by atoms with Crippen molar-refractivity contribution in [3.8, 4) is 5.19 Å². The number of hydrogen-bond acceptors (Lipinski definition) is 3. The van der Waals surface area contributed by atoms with E-state index in [2.05, 4.69) is 36.8 Å². The zero-order valence-electron chi connectivity index (χ0n) is 12.0. The molecule has 5 heteroatoms. The van der Waals surface area contributed by atoms with Crippen molar-refractivity contribution in [3.63, 3.8) is 0 Å². The van der Waals surface area contributed by atoms with Crippen LogP contribution in [-0.2, 0) is 0 Å². The summed E-state index contributed by atoms with van der Waals surface area (Å²) in [5, 5.41) is -0.212. The number of hydrogen-bond donors (Lipinski definition) is 0. The minimum Gasteiger partial charge on any atom is -0.467 e. The first-order valence-electron chi connectivity index (χ1n) is 5.89. The third-order valence-electron chi connectivity index (χ3n) is 0.718. The minimum absolute atomic E-state index is 0.212. The zero-order valence-corrected chi connectivity index (χ0v) is 9.01. The summed E-state index contributed by atoms with van der Waals surface area (Å²) in [5.41, 5.74) is 0. The van der Waals surface area contributed by atoms with Gasteiger partial charge in [-0.15, -0.1) is 0 Å². The molecule has 0 fully saturated rings. The highest BCUT2D eigenvalue weighted by atomic mass is 79.9. The van der Waals surface area contributed by atoms with Crippen LogP contribution in [0.1, 0.15) is 23.3 Å². The monoisotopic (exact) mass is 306 g/mol. The predicted octanol–water partition coefficient (Wildman–Crippen LogP) is 3.46. The van der Waals surface area contributed by atoms with Crippen molar-refractivity contribution >= 4 is 43.2 Å². The Morgan fingerprint density at radius 2 is 2.45 bits per heavy atom. The van der Waals surface area contributed by atoms with E-state index in [0.29, 0.717) is 8.39 Å². The molecule has 1 aromatic rings. The van der Waals surface area contributed by atoms with Gasteiger partial charge in [-0.2, -0.15) is 4.98 Å². The SMILES string of the molecule is [2H]C([2H])([2H])C([2H])(Oc1nc(Br)c(Br)s1)C([2H])([2H])[2H]. The molecule has 2 nitrogen and oxygen atoms in total. The number of ether oxygens (including phenoxy) is 1. The molecule has 0 aliphatic heterocycles. The molecular weight excluding hydrogens is 294 g/mol. The van der Waals surface area contributed by atoms with E-state index in [-0.39, 0.29) is 5.19 Å². The van der Waals surface area contributed by atoms with Crippen LogP contribution in [0.5, 0.6) is 5.19 Å². The van der Waals surface area contributed by atoms with Crippen LogP contribution in [0.4, 0.5) is 0 Å². The minimum atomic E-state index is -3.14. The lowest BCUT2D eigenvalue weighted by molar-refractivity contribution is 0.241. The van der Waals surface area contributed by atoms with Crippen molar-refractivity contribution in [2.45, 2.75) is 19.8 Å². The van der Waals surface area contributed by atoms with Gasteiger partial charge in [0.05, 0.1) is 7.45 Å². The molecule has 1 rings (SSSR count). The lowest BCUT2D eigenvalue weighted by Gasteiger charge is -2.03. The van der Waals surface area contributed by atoms with Crippen molar-refractivity contribution in [1.29, 1.82) is 0 Å². The van der Waals surface area contributed by atoms with Gasteiger partial charge in [0.15, 0.2) is 0 Å². The van der Waals surface area contributed by atoms with Gasteiger partial charge in [0, 0.05) is 8.22 Å². The predicted molar refractivity (Wildman–Crippen MR) is 53.3 cm³/mol. The summed E-state index contributed by atoms with van der Waals surface area (Å²) in [6.45, 7) is -6.27. The number of rotatable bonds is 2. The van der Waals surface area contributed by atoms with Gasteiger partial charge in [-0.1, -0.05) is 11.3 Å². The Bertz CT molecular complexity index is 409. The fourth-order valence-corrected chi connectivity index (χ4v) is 1.97. The highest BCUT2D eigenvalue weighted by Gasteiger charge is 2.07. The third-order valence-corrected chi connectivity index (χ3v) is 3.67. The molecule has 0 saturated carbocycles. The Hall–Kier alpha value is 0.390. The van der Waals surface area contributed by atoms with Crippen molar-refractivity contribution in [1.82, 2.24) is 4.98 Å². The highest BCUT2D eigenvalue weighted by molar-refractivity contribution is 9.13. The summed E-state index contributed by atoms with van der Waals surface area (Å²) in [6, 6.07) is 0. The second-order valence-corrected chi connectivity index (χ2v) is 4.51. The fourth-order valence-electron chi connectivity index (χ4n) is 0.397. The third kappa shape index (κ3) is 2.72. The van der Waals surface area contributed by atoms with Crippen LogP contribution >= 0.6 is 43.2 Å². The van der Waals surface area contributed by atoms with E-state index in [1.807, 2.05) is 0 Å². The maximum atomic E-state index is 7.63. The average Bonchev–Trinajstić information content (AvgIpc) is 2.41. The van der Waals surface area contributed by atoms with Gasteiger partial charge in [-0.05, 0) is 45.6 Å². The molecule has 0 aromatic carbocycles. The Labute approximate surface area is 96.1 Å². The molecule has 11 heavy (non-hydrogen) atoms. The summed E-state index contributed by atoms with van der Waals surface area (Å²) in [6.07, 6.45) is -3.06. The van der Waals surface area contributed by atoms with E-state index in [1.54, 1.807) is 0 Å². The smallest absolute Gasteiger partial charge is 0.275 e. The molecular formula is C6H7Br2NOS. The second-order valence-electron chi connectivity index (χ2n) is 1.48. The largest absolute Gasteiger partial charge is 0.467 e. The zero-order chi connectivity index (χ0) is 14.4. The van der Waals surface area contributed by atoms with Gasteiger partial charge in [0.25, 0.3) is 5.19 Å². The first kappa shape index (κ1) is 3.64. The van der Waals surface area contributed by atoms with E-state index >= 15 is 0 Å². The van der Waals surface area contributed by atoms with E-state index < -0.39 is 19.8 Å². The van der Waals surface area contributed by atoms with Gasteiger partial charge in [-0.3, -0.25) is 0 Å². The summed E-state index contributed by atoms with van der Waals surface area (Å²) in [4.78, 5) is 3.77. The molecule has 0 aliphatic rings. The van der Waals surface area contributed by atoms with Gasteiger partial charge < -0.3 is 4.74 Å². The Morgan fingerprint density at radius 3 is 2.91 bits per heavy atom. The first-order valence-corrected chi connectivity index (χ1v) is 4.79. The van der Waals surface area contributed by atoms with Crippen LogP contribution in [0.3, 0.4) is 0 Å². The fraction of sp³-hybridized carbons (Fsp3) is 0.500. The number of thiazole rings is 1. The van der Waals surface area contributed by atoms with Crippen LogP contribution in [0.2, 0.25) is 0 Å². The van der Waals surface area contributed by atoms with E-state index in [4.69, 9.17) is 14.3 Å². The molecule has 1 heterocycles. The van der Waals surface area contributed by atoms with Gasteiger partial charge in [0.2, 0.25) is 0 Å². The summed E-state index contributed by atoms with van der Waals surface area (Å²) < 4.78 is 56.3. The van der Waals surface area contributed by atoms with Gasteiger partial charge in [-0.25, -0.2) is 0 Å². The molecule has 0 amide bonds. The quantitative estimate of drug-likeness (QED) is 0.835. The Morgan fingerprint density at radius 1 is 1.73 bits per heavy atom. The van der Waals surface area contributed by atoms with Crippen molar-refractivity contribution in [2.24, 2.45) is 0 Å². The molecule has 1 aromatic heterocycles. The van der Waals surface area contributed by atoms with Crippen molar-refractivity contribution in [3.05, 3.63) is 8.39 Å². The second kappa shape index (κ2) is 3.87. The number of aromatic nitrogens is 1. The highest BCUT2D eigenvalue weighted by Crippen LogP contribution is 2.33. The Kier molecular flexibility index (Phi) is 1.28. The Balaban J connectivity index is 3.15. The molecule has 0 atom stereocenters. The van der Waals surface area contributed by atoms with E-state index in [1.165, 1.54) is 0 Å². The molecule has 62 valence electrons. The number of halogens is 2. The standard InChI is InChI=1S/C6H7Br2NOS/c1-3(2)10-6-9-4(7)5(8)11-6/h3H,1-2H3/i1D3,2D3,3D. The first-order chi connectivity index (χ1) is 7.88. The molecule has 0 N–H and O–H groups in total. The van der Waals surface area contributed by atoms with Crippen LogP contribution in [-0.4, -0.2) is 11.1 Å². The van der Waals surface area contributed by atoms with Crippen LogP contribution < -0.4 is 4.74 Å². The lowest BCUT2D eigenvalue weighted by Crippen LogP contribution is -2.04. The summed E-state index contributed by atoms with van der Waals surface area (Å²) >= 11 is 7.06. The molecule has 0 spiro atoms. The molecule has 0 bridgehead atoms. The maximum absolute atomic E-state index is 7.63. The van der Waals surface area contributed by atoms with Crippen LogP contribution in [0.15, 0.2) is 8.39 Å². The average molecular weight is 308 g/mol. The van der Waals surface area contributed by atoms with E-state index in [0.717, 1.165) is 11.3 Å². The van der Waals surface area contributed by atoms with Crippen LogP contribution in [0, 0.1) is 0 Å². The lowest BCUT2D eigenvalue weighted by atomic mass is 10.5. The molecule has 0 saturated heterocycles. The molecule has 0 aliphatic carbocycles. The van der Waals surface area contributed by atoms with Gasteiger partial charge >= 0.3 is 0 Å². The normalized spacial score (nSPS) is 23.3.